The molecular weight excluding hydrogens is 719 g/mol. The number of esters is 1. The number of unbranched alkanes of at least 4 members (excludes halogenated alkanes) is 34. The highest BCUT2D eigenvalue weighted by molar-refractivity contribution is 5.76. The number of rotatable bonds is 47. The summed E-state index contributed by atoms with van der Waals surface area (Å²) in [6, 6.07) is -0.644. The molecule has 0 aromatic carbocycles. The van der Waals surface area contributed by atoms with Crippen LogP contribution in [0, 0.1) is 0 Å². The normalized spacial score (nSPS) is 12.8. The lowest BCUT2D eigenvalue weighted by Gasteiger charge is -2.20. The Hall–Kier alpha value is -1.66. The Labute approximate surface area is 361 Å². The lowest BCUT2D eigenvalue weighted by molar-refractivity contribution is -0.143. The van der Waals surface area contributed by atoms with Crippen molar-refractivity contribution in [2.45, 2.75) is 283 Å². The van der Waals surface area contributed by atoms with E-state index in [0.29, 0.717) is 19.4 Å². The van der Waals surface area contributed by atoms with E-state index >= 15 is 0 Å². The molecule has 1 amide bonds. The Morgan fingerprint density at radius 2 is 0.810 bits per heavy atom. The predicted octanol–water partition coefficient (Wildman–Crippen LogP) is 15.1. The molecule has 0 aromatic heterocycles. The Morgan fingerprint density at radius 1 is 0.466 bits per heavy atom. The van der Waals surface area contributed by atoms with Crippen LogP contribution in [0.3, 0.4) is 0 Å². The number of aliphatic hydroxyl groups excluding tert-OH is 2. The second kappa shape index (κ2) is 48.0. The Balaban J connectivity index is 3.49. The molecule has 0 heterocycles. The lowest BCUT2D eigenvalue weighted by atomic mass is 10.0. The SMILES string of the molecule is CCCCCCCCCCC/C=C/C(O)C(CO)NC(=O)CCCCCCC/C=C\CCCCCOC(=O)CCCCCCCCCCCCCCCCCCCC. The molecule has 58 heavy (non-hydrogen) atoms. The van der Waals surface area contributed by atoms with E-state index in [1.165, 1.54) is 167 Å². The van der Waals surface area contributed by atoms with Crippen LogP contribution in [-0.4, -0.2) is 47.4 Å². The van der Waals surface area contributed by atoms with E-state index in [-0.39, 0.29) is 18.5 Å². The highest BCUT2D eigenvalue weighted by Gasteiger charge is 2.18. The number of amides is 1. The largest absolute Gasteiger partial charge is 0.466 e. The van der Waals surface area contributed by atoms with Crippen molar-refractivity contribution in [3.05, 3.63) is 24.3 Å². The Morgan fingerprint density at radius 3 is 1.22 bits per heavy atom. The van der Waals surface area contributed by atoms with Gasteiger partial charge in [-0.3, -0.25) is 9.59 Å². The highest BCUT2D eigenvalue weighted by Crippen LogP contribution is 2.16. The molecule has 0 fully saturated rings. The first kappa shape index (κ1) is 56.3. The van der Waals surface area contributed by atoms with E-state index in [1.807, 2.05) is 6.08 Å². The number of carbonyl (C=O) groups is 2. The van der Waals surface area contributed by atoms with E-state index in [1.54, 1.807) is 6.08 Å². The van der Waals surface area contributed by atoms with Crippen LogP contribution in [0.15, 0.2) is 24.3 Å². The van der Waals surface area contributed by atoms with Crippen molar-refractivity contribution < 1.29 is 24.5 Å². The van der Waals surface area contributed by atoms with Crippen LogP contribution in [-0.2, 0) is 14.3 Å². The summed E-state index contributed by atoms with van der Waals surface area (Å²) in [6.45, 7) is 4.83. The van der Waals surface area contributed by atoms with Gasteiger partial charge in [0.2, 0.25) is 5.91 Å². The van der Waals surface area contributed by atoms with Gasteiger partial charge in [0.05, 0.1) is 25.4 Å². The van der Waals surface area contributed by atoms with Crippen molar-refractivity contribution in [1.82, 2.24) is 5.32 Å². The van der Waals surface area contributed by atoms with Gasteiger partial charge in [-0.2, -0.15) is 0 Å². The zero-order valence-electron chi connectivity index (χ0n) is 38.8. The van der Waals surface area contributed by atoms with Crippen molar-refractivity contribution in [2.75, 3.05) is 13.2 Å². The van der Waals surface area contributed by atoms with Crippen LogP contribution in [0.25, 0.3) is 0 Å². The molecule has 0 aliphatic rings. The van der Waals surface area contributed by atoms with Gasteiger partial charge in [-0.25, -0.2) is 0 Å². The van der Waals surface area contributed by atoms with Crippen molar-refractivity contribution in [3.63, 3.8) is 0 Å². The number of aliphatic hydroxyl groups is 2. The molecule has 0 bridgehead atoms. The quantitative estimate of drug-likeness (QED) is 0.0323. The third-order valence-corrected chi connectivity index (χ3v) is 11.7. The summed E-state index contributed by atoms with van der Waals surface area (Å²) in [7, 11) is 0. The first-order valence-corrected chi connectivity index (χ1v) is 25.6. The summed E-state index contributed by atoms with van der Waals surface area (Å²) in [4.78, 5) is 24.4. The van der Waals surface area contributed by atoms with Crippen molar-refractivity contribution >= 4 is 11.9 Å². The van der Waals surface area contributed by atoms with Gasteiger partial charge in [-0.15, -0.1) is 0 Å². The summed E-state index contributed by atoms with van der Waals surface area (Å²) in [6.07, 6.45) is 56.1. The van der Waals surface area contributed by atoms with E-state index in [9.17, 15) is 19.8 Å². The molecular formula is C52H99NO5. The average molecular weight is 818 g/mol. The molecule has 0 aliphatic carbocycles. The van der Waals surface area contributed by atoms with Crippen LogP contribution in [0.1, 0.15) is 271 Å². The third-order valence-electron chi connectivity index (χ3n) is 11.7. The van der Waals surface area contributed by atoms with Crippen molar-refractivity contribution in [2.24, 2.45) is 0 Å². The van der Waals surface area contributed by atoms with Gasteiger partial charge in [-0.1, -0.05) is 218 Å². The minimum absolute atomic E-state index is 0.0206. The second-order valence-corrected chi connectivity index (χ2v) is 17.5. The molecule has 0 rings (SSSR count). The molecule has 0 aliphatic heterocycles. The van der Waals surface area contributed by atoms with Crippen LogP contribution < -0.4 is 5.32 Å². The fourth-order valence-corrected chi connectivity index (χ4v) is 7.74. The summed E-state index contributed by atoms with van der Waals surface area (Å²) in [5.74, 6) is -0.116. The van der Waals surface area contributed by atoms with Crippen LogP contribution in [0.2, 0.25) is 0 Å². The van der Waals surface area contributed by atoms with Gasteiger partial charge in [0.1, 0.15) is 0 Å². The summed E-state index contributed by atoms with van der Waals surface area (Å²) < 4.78 is 5.45. The van der Waals surface area contributed by atoms with Crippen molar-refractivity contribution in [1.29, 1.82) is 0 Å². The first-order valence-electron chi connectivity index (χ1n) is 25.6. The maximum absolute atomic E-state index is 12.4. The minimum Gasteiger partial charge on any atom is -0.466 e. The van der Waals surface area contributed by atoms with E-state index < -0.39 is 12.1 Å². The number of hydrogen-bond acceptors (Lipinski definition) is 5. The fraction of sp³-hybridized carbons (Fsp3) is 0.885. The average Bonchev–Trinajstić information content (AvgIpc) is 3.22. The van der Waals surface area contributed by atoms with E-state index in [0.717, 1.165) is 77.0 Å². The zero-order chi connectivity index (χ0) is 42.3. The topological polar surface area (TPSA) is 95.9 Å². The summed E-state index contributed by atoms with van der Waals surface area (Å²) in [5, 5.41) is 22.9. The van der Waals surface area contributed by atoms with Gasteiger partial charge in [0, 0.05) is 12.8 Å². The monoisotopic (exact) mass is 818 g/mol. The number of nitrogens with one attached hydrogen (secondary N) is 1. The maximum atomic E-state index is 12.4. The van der Waals surface area contributed by atoms with Gasteiger partial charge < -0.3 is 20.3 Å². The highest BCUT2D eigenvalue weighted by atomic mass is 16.5. The molecule has 342 valence electrons. The first-order chi connectivity index (χ1) is 28.5. The molecule has 2 unspecified atom stereocenters. The number of allylic oxidation sites excluding steroid dienone is 3. The molecule has 0 aromatic rings. The van der Waals surface area contributed by atoms with Crippen LogP contribution in [0.4, 0.5) is 0 Å². The third kappa shape index (κ3) is 43.9. The van der Waals surface area contributed by atoms with Crippen LogP contribution >= 0.6 is 0 Å². The molecule has 0 radical (unpaired) electrons. The van der Waals surface area contributed by atoms with Gasteiger partial charge in [-0.05, 0) is 64.2 Å². The molecule has 0 saturated heterocycles. The van der Waals surface area contributed by atoms with E-state index in [4.69, 9.17) is 4.74 Å². The standard InChI is InChI=1S/C52H99NO5/c1-3-5-7-9-11-13-15-16-17-18-19-20-21-26-30-34-38-42-46-52(57)58-47-43-39-35-31-27-23-22-25-29-33-37-41-45-51(56)53-49(48-54)50(55)44-40-36-32-28-24-14-12-10-8-6-4-2/h23,27,40,44,49-50,54-55H,3-22,24-26,28-39,41-43,45-48H2,1-2H3,(H,53,56)/b27-23-,44-40+. The molecule has 6 heteroatoms. The zero-order valence-corrected chi connectivity index (χ0v) is 38.8. The molecule has 0 saturated carbocycles. The molecule has 2 atom stereocenters. The second-order valence-electron chi connectivity index (χ2n) is 17.5. The predicted molar refractivity (Wildman–Crippen MR) is 250 cm³/mol. The molecule has 6 nitrogen and oxygen atoms in total. The smallest absolute Gasteiger partial charge is 0.305 e. The van der Waals surface area contributed by atoms with E-state index in [2.05, 4.69) is 31.3 Å². The maximum Gasteiger partial charge on any atom is 0.305 e. The Kier molecular flexibility index (Phi) is 46.6. The van der Waals surface area contributed by atoms with Gasteiger partial charge in [0.15, 0.2) is 0 Å². The minimum atomic E-state index is -0.858. The molecule has 0 spiro atoms. The number of hydrogen-bond donors (Lipinski definition) is 3. The number of ether oxygens (including phenoxy) is 1. The van der Waals surface area contributed by atoms with Crippen molar-refractivity contribution in [3.8, 4) is 0 Å². The van der Waals surface area contributed by atoms with Gasteiger partial charge >= 0.3 is 5.97 Å². The molecule has 3 N–H and O–H groups in total. The number of carbonyl (C=O) groups excluding carboxylic acids is 2. The van der Waals surface area contributed by atoms with Gasteiger partial charge in [0.25, 0.3) is 0 Å². The Bertz CT molecular complexity index is 904. The summed E-state index contributed by atoms with van der Waals surface area (Å²) >= 11 is 0. The fourth-order valence-electron chi connectivity index (χ4n) is 7.74. The lowest BCUT2D eigenvalue weighted by Crippen LogP contribution is -2.45. The summed E-state index contributed by atoms with van der Waals surface area (Å²) in [5.41, 5.74) is 0. The van der Waals surface area contributed by atoms with Crippen LogP contribution in [0.5, 0.6) is 0 Å².